The molecule has 5 amide bonds. The number of piperidine rings is 1. The van der Waals surface area contributed by atoms with Gasteiger partial charge in [-0.15, -0.1) is 0 Å². The molecular formula is C31H49N5O8. The molecule has 1 saturated heterocycles. The van der Waals surface area contributed by atoms with Crippen LogP contribution < -0.4 is 21.7 Å². The van der Waals surface area contributed by atoms with Gasteiger partial charge in [0.1, 0.15) is 18.7 Å². The number of Topliss-reactive ketones (excluding diaryl/α,β-unsaturated/α-hetero) is 1. The smallest absolute Gasteiger partial charge is 0.438 e. The van der Waals surface area contributed by atoms with Crippen molar-refractivity contribution in [2.75, 3.05) is 20.3 Å². The van der Waals surface area contributed by atoms with Gasteiger partial charge in [-0.05, 0) is 53.8 Å². The van der Waals surface area contributed by atoms with Gasteiger partial charge in [-0.3, -0.25) is 19.2 Å². The summed E-state index contributed by atoms with van der Waals surface area (Å²) in [6, 6.07) is -3.92. The number of methoxy groups -OCH3 is 1. The second-order valence-electron chi connectivity index (χ2n) is 14.7. The largest absolute Gasteiger partial charge is 0.508 e. The molecule has 0 aromatic heterocycles. The highest BCUT2D eigenvalue weighted by Crippen LogP contribution is 2.65. The van der Waals surface area contributed by atoms with Crippen molar-refractivity contribution in [1.82, 2.24) is 20.9 Å². The fourth-order valence-electron chi connectivity index (χ4n) is 7.19. The third-order valence-electron chi connectivity index (χ3n) is 10.1. The molecule has 0 bridgehead atoms. The number of rotatable bonds is 12. The molecule has 246 valence electrons. The number of nitrogens with two attached hydrogens (primary N) is 1. The first-order valence-electron chi connectivity index (χ1n) is 15.8. The van der Waals surface area contributed by atoms with E-state index in [9.17, 15) is 28.8 Å². The maximum absolute atomic E-state index is 14.2. The van der Waals surface area contributed by atoms with Gasteiger partial charge in [0.2, 0.25) is 17.6 Å². The summed E-state index contributed by atoms with van der Waals surface area (Å²) in [5.41, 5.74) is 4.38. The summed E-state index contributed by atoms with van der Waals surface area (Å²) in [6.45, 7) is 9.87. The topological polar surface area (TPSA) is 186 Å². The summed E-state index contributed by atoms with van der Waals surface area (Å²) in [6.07, 6.45) is 5.10. The van der Waals surface area contributed by atoms with Crippen LogP contribution >= 0.6 is 0 Å². The third-order valence-corrected chi connectivity index (χ3v) is 10.1. The molecule has 0 aromatic rings. The highest BCUT2D eigenvalue weighted by molar-refractivity contribution is 6.37. The molecule has 1 aliphatic heterocycles. The van der Waals surface area contributed by atoms with E-state index in [1.54, 1.807) is 0 Å². The number of fused-ring (bicyclic) bond motifs is 1. The van der Waals surface area contributed by atoms with E-state index in [1.807, 2.05) is 34.6 Å². The molecule has 0 aromatic carbocycles. The Bertz CT molecular complexity index is 1160. The van der Waals surface area contributed by atoms with Crippen LogP contribution in [0.5, 0.6) is 0 Å². The van der Waals surface area contributed by atoms with Crippen LogP contribution in [0.1, 0.15) is 79.6 Å². The van der Waals surface area contributed by atoms with Crippen LogP contribution in [0.2, 0.25) is 0 Å². The summed E-state index contributed by atoms with van der Waals surface area (Å²) in [5.74, 6) is -2.53. The number of hydrogen-bond donors (Lipinski definition) is 4. The Morgan fingerprint density at radius 2 is 1.61 bits per heavy atom. The van der Waals surface area contributed by atoms with E-state index < -0.39 is 65.3 Å². The minimum atomic E-state index is -1.10. The molecule has 0 radical (unpaired) electrons. The summed E-state index contributed by atoms with van der Waals surface area (Å²) in [5, 5.41) is 8.52. The zero-order valence-electron chi connectivity index (χ0n) is 26.8. The van der Waals surface area contributed by atoms with Gasteiger partial charge >= 0.3 is 12.2 Å². The fraction of sp³-hybridized carbons (Fsp3) is 0.806. The maximum Gasteiger partial charge on any atom is 0.508 e. The number of nitrogens with one attached hydrogen (secondary N) is 3. The molecule has 4 aliphatic rings. The predicted octanol–water partition coefficient (Wildman–Crippen LogP) is 1.86. The van der Waals surface area contributed by atoms with Crippen LogP contribution in [0.15, 0.2) is 0 Å². The minimum absolute atomic E-state index is 0.0578. The van der Waals surface area contributed by atoms with Crippen molar-refractivity contribution in [3.8, 4) is 0 Å². The van der Waals surface area contributed by atoms with E-state index in [0.29, 0.717) is 13.0 Å². The van der Waals surface area contributed by atoms with Crippen molar-refractivity contribution in [2.45, 2.75) is 104 Å². The van der Waals surface area contributed by atoms with Crippen LogP contribution in [0.25, 0.3) is 0 Å². The Hall–Kier alpha value is -3.38. The molecule has 3 aliphatic carbocycles. The average molecular weight is 620 g/mol. The molecule has 6 atom stereocenters. The molecule has 13 nitrogen and oxygen atoms in total. The average Bonchev–Trinajstić information content (AvgIpc) is 3.65. The number of nitrogens with zero attached hydrogens (tertiary/aromatic N) is 1. The van der Waals surface area contributed by atoms with E-state index in [2.05, 4.69) is 20.7 Å². The van der Waals surface area contributed by atoms with E-state index in [0.717, 1.165) is 38.5 Å². The van der Waals surface area contributed by atoms with Gasteiger partial charge in [0, 0.05) is 6.54 Å². The molecule has 4 fully saturated rings. The lowest BCUT2D eigenvalue weighted by molar-refractivity contribution is -0.145. The van der Waals surface area contributed by atoms with Crippen LogP contribution in [0.4, 0.5) is 9.59 Å². The second kappa shape index (κ2) is 12.9. The zero-order valence-corrected chi connectivity index (χ0v) is 26.8. The molecule has 3 saturated carbocycles. The first kappa shape index (κ1) is 33.5. The Morgan fingerprint density at radius 1 is 0.977 bits per heavy atom. The van der Waals surface area contributed by atoms with Gasteiger partial charge in [-0.2, -0.15) is 0 Å². The van der Waals surface area contributed by atoms with Gasteiger partial charge in [0.05, 0.1) is 19.2 Å². The highest BCUT2D eigenvalue weighted by Gasteiger charge is 2.70. The number of likely N-dealkylation sites (tertiary alicyclic amines) is 1. The van der Waals surface area contributed by atoms with Gasteiger partial charge in [-0.25, -0.2) is 9.59 Å². The van der Waals surface area contributed by atoms with E-state index in [-0.39, 0.29) is 35.7 Å². The molecule has 44 heavy (non-hydrogen) atoms. The molecule has 1 heterocycles. The number of hydrogen-bond acceptors (Lipinski definition) is 8. The summed E-state index contributed by atoms with van der Waals surface area (Å²) in [4.78, 5) is 78.8. The summed E-state index contributed by atoms with van der Waals surface area (Å²) >= 11 is 0. The van der Waals surface area contributed by atoms with Crippen molar-refractivity contribution in [3.63, 3.8) is 0 Å². The van der Waals surface area contributed by atoms with Crippen molar-refractivity contribution < 1.29 is 38.2 Å². The first-order chi connectivity index (χ1) is 20.6. The maximum atomic E-state index is 14.2. The molecule has 5 N–H and O–H groups in total. The summed E-state index contributed by atoms with van der Waals surface area (Å²) < 4.78 is 9.74. The SMILES string of the molecule is COC(=O)OC[C@@H](NC(=O)N[C@H](C(=O)N1CC2[C@@H](C1C(=O)NC(CC1CC1)C(=O)C(N)=O)C2(C)C)C(C)(C)C)C1CCCC1. The molecule has 0 spiro atoms. The Labute approximate surface area is 259 Å². The third kappa shape index (κ3) is 7.46. The van der Waals surface area contributed by atoms with Crippen molar-refractivity contribution in [2.24, 2.45) is 40.2 Å². The Morgan fingerprint density at radius 3 is 2.16 bits per heavy atom. The van der Waals surface area contributed by atoms with Gasteiger partial charge in [0.25, 0.3) is 5.91 Å². The zero-order chi connectivity index (χ0) is 32.6. The van der Waals surface area contributed by atoms with Crippen molar-refractivity contribution >= 4 is 35.7 Å². The summed E-state index contributed by atoms with van der Waals surface area (Å²) in [7, 11) is 1.21. The number of amides is 5. The fourth-order valence-corrected chi connectivity index (χ4v) is 7.19. The minimum Gasteiger partial charge on any atom is -0.438 e. The van der Waals surface area contributed by atoms with Crippen LogP contribution in [0, 0.1) is 34.5 Å². The number of ether oxygens (including phenoxy) is 2. The second-order valence-corrected chi connectivity index (χ2v) is 14.7. The molecular weight excluding hydrogens is 570 g/mol. The molecule has 13 heteroatoms. The van der Waals surface area contributed by atoms with E-state index in [1.165, 1.54) is 12.0 Å². The number of carbonyl (C=O) groups excluding carboxylic acids is 6. The Kier molecular flexibility index (Phi) is 9.84. The van der Waals surface area contributed by atoms with Gasteiger partial charge in [0.15, 0.2) is 0 Å². The highest BCUT2D eigenvalue weighted by atomic mass is 16.7. The lowest BCUT2D eigenvalue weighted by Crippen LogP contribution is -2.62. The van der Waals surface area contributed by atoms with Crippen LogP contribution in [-0.4, -0.2) is 85.0 Å². The van der Waals surface area contributed by atoms with Crippen molar-refractivity contribution in [1.29, 1.82) is 0 Å². The van der Waals surface area contributed by atoms with Crippen LogP contribution in [-0.2, 0) is 28.7 Å². The van der Waals surface area contributed by atoms with Gasteiger partial charge in [-0.1, -0.05) is 60.3 Å². The first-order valence-corrected chi connectivity index (χ1v) is 15.8. The van der Waals surface area contributed by atoms with Gasteiger partial charge < -0.3 is 36.1 Å². The number of ketones is 1. The lowest BCUT2D eigenvalue weighted by Gasteiger charge is -2.38. The van der Waals surface area contributed by atoms with E-state index >= 15 is 0 Å². The number of carbonyl (C=O) groups is 6. The monoisotopic (exact) mass is 619 g/mol. The Balaban J connectivity index is 1.50. The standard InChI is InChI=1S/C31H49N5O8/c1-30(2,3)24(35-28(41)34-20(15-44-29(42)43-6)17-9-7-8-10-17)27(40)36-14-18-21(31(18,4)5)22(36)26(39)33-19(13-16-11-12-16)23(37)25(32)38/h16-22,24H,7-15H2,1-6H3,(H2,32,38)(H,33,39)(H2,34,35,41)/t18?,19?,20-,21+,22?,24-/m1/s1. The molecule has 3 unspecified atom stereocenters. The molecule has 4 rings (SSSR count). The van der Waals surface area contributed by atoms with Crippen molar-refractivity contribution in [3.05, 3.63) is 0 Å². The number of urea groups is 1. The normalized spacial score (nSPS) is 26.0. The lowest BCUT2D eigenvalue weighted by atomic mass is 9.85. The quantitative estimate of drug-likeness (QED) is 0.188. The van der Waals surface area contributed by atoms with Crippen LogP contribution in [0.3, 0.4) is 0 Å². The van der Waals surface area contributed by atoms with E-state index in [4.69, 9.17) is 10.5 Å². The predicted molar refractivity (Wildman–Crippen MR) is 159 cm³/mol. The number of primary amides is 1.